The fourth-order valence-electron chi connectivity index (χ4n) is 2.96. The van der Waals surface area contributed by atoms with Crippen LogP contribution in [0.15, 0.2) is 71.8 Å². The number of hydrogen-bond donors (Lipinski definition) is 1. The predicted molar refractivity (Wildman–Crippen MR) is 119 cm³/mol. The van der Waals surface area contributed by atoms with Gasteiger partial charge in [0.05, 0.1) is 24.5 Å². The largest absolute Gasteiger partial charge is 0.490 e. The summed E-state index contributed by atoms with van der Waals surface area (Å²) in [4.78, 5) is 12.3. The van der Waals surface area contributed by atoms with Gasteiger partial charge in [-0.05, 0) is 55.3 Å². The average molecular weight is 413 g/mol. The van der Waals surface area contributed by atoms with Gasteiger partial charge in [-0.3, -0.25) is 4.79 Å². The average Bonchev–Trinajstić information content (AvgIpc) is 2.79. The lowest BCUT2D eigenvalue weighted by Gasteiger charge is -2.13. The lowest BCUT2D eigenvalue weighted by Crippen LogP contribution is -2.18. The highest BCUT2D eigenvalue weighted by molar-refractivity contribution is 5.96. The van der Waals surface area contributed by atoms with Gasteiger partial charge in [0, 0.05) is 11.1 Å². The molecule has 0 saturated heterocycles. The quantitative estimate of drug-likeness (QED) is 0.432. The topological polar surface area (TPSA) is 83.7 Å². The van der Waals surface area contributed by atoms with Crippen molar-refractivity contribution in [1.29, 1.82) is 5.26 Å². The first kappa shape index (κ1) is 21.6. The summed E-state index contributed by atoms with van der Waals surface area (Å²) in [7, 11) is 0. The van der Waals surface area contributed by atoms with Crippen molar-refractivity contribution in [3.8, 4) is 17.6 Å². The summed E-state index contributed by atoms with van der Waals surface area (Å²) in [6.45, 7) is 4.48. The van der Waals surface area contributed by atoms with E-state index in [-0.39, 0.29) is 12.5 Å². The Balaban J connectivity index is 1.69. The van der Waals surface area contributed by atoms with Gasteiger partial charge in [-0.15, -0.1) is 0 Å². The molecule has 31 heavy (non-hydrogen) atoms. The van der Waals surface area contributed by atoms with E-state index in [1.807, 2.05) is 56.3 Å². The summed E-state index contributed by atoms with van der Waals surface area (Å²) < 4.78 is 11.6. The number of hydrazone groups is 1. The van der Waals surface area contributed by atoms with Crippen LogP contribution in [0, 0.1) is 18.3 Å². The number of rotatable bonds is 8. The second-order valence-electron chi connectivity index (χ2n) is 6.71. The molecule has 1 amide bonds. The zero-order valence-corrected chi connectivity index (χ0v) is 17.5. The number of hydrogen-bond acceptors (Lipinski definition) is 5. The first-order valence-electron chi connectivity index (χ1n) is 9.89. The Morgan fingerprint density at radius 3 is 2.61 bits per heavy atom. The lowest BCUT2D eigenvalue weighted by atomic mass is 10.1. The van der Waals surface area contributed by atoms with Gasteiger partial charge in [0.2, 0.25) is 0 Å². The SMILES string of the molecule is CCOc1cc(/C=N\NC(=O)c2ccccc2C)ccc1OCc1ccccc1C#N. The van der Waals surface area contributed by atoms with Crippen molar-refractivity contribution in [1.82, 2.24) is 5.43 Å². The Kier molecular flexibility index (Phi) is 7.39. The second kappa shape index (κ2) is 10.6. The molecule has 6 heteroatoms. The molecule has 0 unspecified atom stereocenters. The van der Waals surface area contributed by atoms with E-state index in [9.17, 15) is 10.1 Å². The van der Waals surface area contributed by atoms with E-state index in [0.29, 0.717) is 29.2 Å². The Hall–Kier alpha value is -4.11. The van der Waals surface area contributed by atoms with Crippen LogP contribution in [0.5, 0.6) is 11.5 Å². The van der Waals surface area contributed by atoms with Crippen LogP contribution in [0.2, 0.25) is 0 Å². The summed E-state index contributed by atoms with van der Waals surface area (Å²) >= 11 is 0. The third kappa shape index (κ3) is 5.71. The van der Waals surface area contributed by atoms with Crippen molar-refractivity contribution >= 4 is 12.1 Å². The molecule has 0 heterocycles. The van der Waals surface area contributed by atoms with E-state index < -0.39 is 0 Å². The molecule has 0 aromatic heterocycles. The maximum atomic E-state index is 12.3. The molecular formula is C25H23N3O3. The van der Waals surface area contributed by atoms with Gasteiger partial charge in [-0.25, -0.2) is 5.43 Å². The molecule has 0 aliphatic carbocycles. The number of nitrogens with one attached hydrogen (secondary N) is 1. The Morgan fingerprint density at radius 2 is 1.84 bits per heavy atom. The van der Waals surface area contributed by atoms with E-state index in [1.165, 1.54) is 0 Å². The third-order valence-electron chi connectivity index (χ3n) is 4.56. The number of nitriles is 1. The second-order valence-corrected chi connectivity index (χ2v) is 6.71. The highest BCUT2D eigenvalue weighted by atomic mass is 16.5. The molecule has 0 spiro atoms. The Morgan fingerprint density at radius 1 is 1.06 bits per heavy atom. The smallest absolute Gasteiger partial charge is 0.271 e. The van der Waals surface area contributed by atoms with Gasteiger partial charge in [-0.2, -0.15) is 10.4 Å². The standard InChI is InChI=1S/C25H23N3O3/c1-3-30-24-14-19(16-27-28-25(29)22-11-7-4-8-18(22)2)12-13-23(24)31-17-21-10-6-5-9-20(21)15-26/h4-14,16H,3,17H2,1-2H3,(H,28,29)/b27-16-. The molecule has 0 atom stereocenters. The summed E-state index contributed by atoms with van der Waals surface area (Å²) in [6, 6.07) is 22.2. The van der Waals surface area contributed by atoms with E-state index in [1.54, 1.807) is 30.5 Å². The summed E-state index contributed by atoms with van der Waals surface area (Å²) in [6.07, 6.45) is 1.55. The van der Waals surface area contributed by atoms with Crippen LogP contribution >= 0.6 is 0 Å². The van der Waals surface area contributed by atoms with Gasteiger partial charge in [0.15, 0.2) is 11.5 Å². The van der Waals surface area contributed by atoms with Gasteiger partial charge in [0.1, 0.15) is 6.61 Å². The number of nitrogens with zero attached hydrogens (tertiary/aromatic N) is 2. The highest BCUT2D eigenvalue weighted by Crippen LogP contribution is 2.29. The molecule has 1 N–H and O–H groups in total. The molecule has 3 rings (SSSR count). The predicted octanol–water partition coefficient (Wildman–Crippen LogP) is 4.61. The fraction of sp³-hybridized carbons (Fsp3) is 0.160. The maximum Gasteiger partial charge on any atom is 0.271 e. The fourth-order valence-corrected chi connectivity index (χ4v) is 2.96. The van der Waals surface area contributed by atoms with Gasteiger partial charge in [-0.1, -0.05) is 36.4 Å². The van der Waals surface area contributed by atoms with Crippen LogP contribution in [0.4, 0.5) is 0 Å². The molecule has 3 aromatic carbocycles. The number of amides is 1. The number of aryl methyl sites for hydroxylation is 1. The highest BCUT2D eigenvalue weighted by Gasteiger charge is 2.09. The van der Waals surface area contributed by atoms with Crippen molar-refractivity contribution in [3.05, 3.63) is 94.5 Å². The molecule has 0 saturated carbocycles. The monoisotopic (exact) mass is 413 g/mol. The van der Waals surface area contributed by atoms with E-state index >= 15 is 0 Å². The zero-order chi connectivity index (χ0) is 22.1. The van der Waals surface area contributed by atoms with Crippen LogP contribution in [-0.4, -0.2) is 18.7 Å². The normalized spacial score (nSPS) is 10.5. The van der Waals surface area contributed by atoms with E-state index in [0.717, 1.165) is 16.7 Å². The Labute approximate surface area is 181 Å². The van der Waals surface area contributed by atoms with Crippen molar-refractivity contribution < 1.29 is 14.3 Å². The van der Waals surface area contributed by atoms with Crippen molar-refractivity contribution in [3.63, 3.8) is 0 Å². The van der Waals surface area contributed by atoms with Crippen LogP contribution in [0.25, 0.3) is 0 Å². The zero-order valence-electron chi connectivity index (χ0n) is 17.5. The lowest BCUT2D eigenvalue weighted by molar-refractivity contribution is 0.0954. The molecule has 0 aliphatic rings. The molecule has 6 nitrogen and oxygen atoms in total. The van der Waals surface area contributed by atoms with E-state index in [4.69, 9.17) is 9.47 Å². The van der Waals surface area contributed by atoms with Crippen molar-refractivity contribution in [2.75, 3.05) is 6.61 Å². The third-order valence-corrected chi connectivity index (χ3v) is 4.56. The molecule has 0 radical (unpaired) electrons. The summed E-state index contributed by atoms with van der Waals surface area (Å²) in [5.74, 6) is 0.859. The number of benzene rings is 3. The summed E-state index contributed by atoms with van der Waals surface area (Å²) in [5.41, 5.74) is 6.13. The molecule has 0 fully saturated rings. The minimum atomic E-state index is -0.268. The van der Waals surface area contributed by atoms with Gasteiger partial charge < -0.3 is 9.47 Å². The first-order valence-corrected chi connectivity index (χ1v) is 9.89. The first-order chi connectivity index (χ1) is 15.1. The molecule has 0 bridgehead atoms. The Bertz CT molecular complexity index is 1130. The van der Waals surface area contributed by atoms with E-state index in [2.05, 4.69) is 16.6 Å². The van der Waals surface area contributed by atoms with Gasteiger partial charge >= 0.3 is 0 Å². The molecular weight excluding hydrogens is 390 g/mol. The van der Waals surface area contributed by atoms with Crippen molar-refractivity contribution in [2.45, 2.75) is 20.5 Å². The van der Waals surface area contributed by atoms with Crippen molar-refractivity contribution in [2.24, 2.45) is 5.10 Å². The minimum Gasteiger partial charge on any atom is -0.490 e. The van der Waals surface area contributed by atoms with Crippen LogP contribution in [-0.2, 0) is 6.61 Å². The van der Waals surface area contributed by atoms with Gasteiger partial charge in [0.25, 0.3) is 5.91 Å². The number of carbonyl (C=O) groups excluding carboxylic acids is 1. The molecule has 3 aromatic rings. The summed E-state index contributed by atoms with van der Waals surface area (Å²) in [5, 5.41) is 13.3. The molecule has 156 valence electrons. The minimum absolute atomic E-state index is 0.254. The van der Waals surface area contributed by atoms with Crippen LogP contribution in [0.1, 0.15) is 39.5 Å². The number of carbonyl (C=O) groups is 1. The van der Waals surface area contributed by atoms with Crippen LogP contribution < -0.4 is 14.9 Å². The molecule has 0 aliphatic heterocycles. The maximum absolute atomic E-state index is 12.3. The number of ether oxygens (including phenoxy) is 2. The van der Waals surface area contributed by atoms with Crippen LogP contribution in [0.3, 0.4) is 0 Å².